The van der Waals surface area contributed by atoms with Crippen LogP contribution in [0.4, 0.5) is 5.82 Å². The number of para-hydroxylation sites is 1. The summed E-state index contributed by atoms with van der Waals surface area (Å²) >= 11 is 0. The summed E-state index contributed by atoms with van der Waals surface area (Å²) in [5, 5.41) is 9.63. The Bertz CT molecular complexity index is 652. The molecule has 22 heavy (non-hydrogen) atoms. The van der Waals surface area contributed by atoms with Gasteiger partial charge in [-0.25, -0.2) is 4.68 Å². The summed E-state index contributed by atoms with van der Waals surface area (Å²) in [5.41, 5.74) is 0.978. The minimum atomic E-state index is -0.321. The first-order valence-electron chi connectivity index (χ1n) is 6.82. The quantitative estimate of drug-likeness (QED) is 0.785. The van der Waals surface area contributed by atoms with E-state index in [4.69, 9.17) is 4.74 Å². The molecule has 7 heteroatoms. The van der Waals surface area contributed by atoms with Crippen molar-refractivity contribution in [2.45, 2.75) is 6.92 Å². The third-order valence-corrected chi connectivity index (χ3v) is 2.84. The monoisotopic (exact) mass is 302 g/mol. The molecule has 0 unspecified atom stereocenters. The number of nitrogens with zero attached hydrogens (tertiary/aromatic N) is 2. The molecular formula is C15H18N4O3. The van der Waals surface area contributed by atoms with Gasteiger partial charge in [0.1, 0.15) is 5.82 Å². The van der Waals surface area contributed by atoms with Crippen molar-refractivity contribution in [3.05, 3.63) is 42.1 Å². The average molecular weight is 302 g/mol. The minimum absolute atomic E-state index is 0.226. The Kier molecular flexibility index (Phi) is 5.26. The molecule has 2 rings (SSSR count). The third-order valence-electron chi connectivity index (χ3n) is 2.84. The zero-order chi connectivity index (χ0) is 15.9. The van der Waals surface area contributed by atoms with Gasteiger partial charge < -0.3 is 15.4 Å². The van der Waals surface area contributed by atoms with Gasteiger partial charge in [0.2, 0.25) is 5.91 Å². The van der Waals surface area contributed by atoms with E-state index in [1.165, 1.54) is 17.7 Å². The first-order chi connectivity index (χ1) is 10.6. The van der Waals surface area contributed by atoms with Crippen LogP contribution >= 0.6 is 0 Å². The molecule has 116 valence electrons. The average Bonchev–Trinajstić information content (AvgIpc) is 2.91. The summed E-state index contributed by atoms with van der Waals surface area (Å²) in [6, 6.07) is 10.8. The van der Waals surface area contributed by atoms with Gasteiger partial charge in [0.15, 0.2) is 5.69 Å². The topological polar surface area (TPSA) is 85.3 Å². The number of amides is 2. The summed E-state index contributed by atoms with van der Waals surface area (Å²) in [6.07, 6.45) is 0. The maximum absolute atomic E-state index is 12.0. The maximum atomic E-state index is 12.0. The summed E-state index contributed by atoms with van der Waals surface area (Å²) in [5.74, 6) is -0.114. The number of benzene rings is 1. The first kappa shape index (κ1) is 15.7. The largest absolute Gasteiger partial charge is 0.383 e. The molecule has 0 saturated heterocycles. The van der Waals surface area contributed by atoms with Crippen LogP contribution in [-0.4, -0.2) is 41.9 Å². The maximum Gasteiger partial charge on any atom is 0.271 e. The molecule has 0 aliphatic rings. The molecule has 7 nitrogen and oxygen atoms in total. The standard InChI is InChI=1S/C15H18N4O3/c1-11(20)17-14-10-13(15(21)16-8-9-22-2)18-19(14)12-6-4-3-5-7-12/h3-7,10H,8-9H2,1-2H3,(H,16,21)(H,17,20). The van der Waals surface area contributed by atoms with Crippen LogP contribution < -0.4 is 10.6 Å². The SMILES string of the molecule is COCCNC(=O)c1cc(NC(C)=O)n(-c2ccccc2)n1. The van der Waals surface area contributed by atoms with Gasteiger partial charge in [-0.3, -0.25) is 9.59 Å². The second kappa shape index (κ2) is 7.37. The van der Waals surface area contributed by atoms with Crippen LogP contribution in [0.3, 0.4) is 0 Å². The van der Waals surface area contributed by atoms with Crippen molar-refractivity contribution >= 4 is 17.6 Å². The summed E-state index contributed by atoms with van der Waals surface area (Å²) in [4.78, 5) is 23.4. The van der Waals surface area contributed by atoms with E-state index >= 15 is 0 Å². The highest BCUT2D eigenvalue weighted by Gasteiger charge is 2.15. The van der Waals surface area contributed by atoms with E-state index in [1.54, 1.807) is 7.11 Å². The van der Waals surface area contributed by atoms with E-state index in [0.29, 0.717) is 19.0 Å². The van der Waals surface area contributed by atoms with Crippen LogP contribution in [0.25, 0.3) is 5.69 Å². The van der Waals surface area contributed by atoms with Crippen LogP contribution in [0.5, 0.6) is 0 Å². The fourth-order valence-corrected chi connectivity index (χ4v) is 1.88. The van der Waals surface area contributed by atoms with E-state index in [2.05, 4.69) is 15.7 Å². The molecule has 0 radical (unpaired) electrons. The highest BCUT2D eigenvalue weighted by molar-refractivity contribution is 5.95. The van der Waals surface area contributed by atoms with Gasteiger partial charge in [0.25, 0.3) is 5.91 Å². The Morgan fingerprint density at radius 3 is 2.64 bits per heavy atom. The van der Waals surface area contributed by atoms with E-state index in [1.807, 2.05) is 30.3 Å². The lowest BCUT2D eigenvalue weighted by molar-refractivity contribution is -0.114. The Morgan fingerprint density at radius 1 is 1.27 bits per heavy atom. The summed E-state index contributed by atoms with van der Waals surface area (Å²) < 4.78 is 6.40. The van der Waals surface area contributed by atoms with Gasteiger partial charge in [-0.1, -0.05) is 18.2 Å². The number of rotatable bonds is 6. The van der Waals surface area contributed by atoms with Gasteiger partial charge in [-0.2, -0.15) is 5.10 Å². The van der Waals surface area contributed by atoms with Crippen molar-refractivity contribution in [3.63, 3.8) is 0 Å². The Hall–Kier alpha value is -2.67. The van der Waals surface area contributed by atoms with E-state index in [-0.39, 0.29) is 17.5 Å². The number of methoxy groups -OCH3 is 1. The van der Waals surface area contributed by atoms with Crippen molar-refractivity contribution in [2.75, 3.05) is 25.6 Å². The molecule has 2 amide bonds. The zero-order valence-corrected chi connectivity index (χ0v) is 12.5. The lowest BCUT2D eigenvalue weighted by Gasteiger charge is -2.06. The highest BCUT2D eigenvalue weighted by atomic mass is 16.5. The summed E-state index contributed by atoms with van der Waals surface area (Å²) in [6.45, 7) is 2.22. The van der Waals surface area contributed by atoms with Crippen molar-refractivity contribution in [1.82, 2.24) is 15.1 Å². The molecule has 2 N–H and O–H groups in total. The van der Waals surface area contributed by atoms with Crippen molar-refractivity contribution in [3.8, 4) is 5.69 Å². The fourth-order valence-electron chi connectivity index (χ4n) is 1.88. The number of anilines is 1. The lowest BCUT2D eigenvalue weighted by Crippen LogP contribution is -2.27. The van der Waals surface area contributed by atoms with Gasteiger partial charge in [0, 0.05) is 26.6 Å². The van der Waals surface area contributed by atoms with Crippen molar-refractivity contribution in [2.24, 2.45) is 0 Å². The highest BCUT2D eigenvalue weighted by Crippen LogP contribution is 2.17. The molecule has 0 saturated carbocycles. The smallest absolute Gasteiger partial charge is 0.271 e. The number of carbonyl (C=O) groups is 2. The molecule has 0 aliphatic heterocycles. The van der Waals surface area contributed by atoms with Gasteiger partial charge >= 0.3 is 0 Å². The molecule has 1 aromatic carbocycles. The lowest BCUT2D eigenvalue weighted by atomic mass is 10.3. The molecule has 0 spiro atoms. The van der Waals surface area contributed by atoms with Crippen LogP contribution in [0.15, 0.2) is 36.4 Å². The van der Waals surface area contributed by atoms with Crippen LogP contribution in [0.2, 0.25) is 0 Å². The van der Waals surface area contributed by atoms with E-state index in [0.717, 1.165) is 5.69 Å². The number of aromatic nitrogens is 2. The second-order valence-corrected chi connectivity index (χ2v) is 4.59. The summed E-state index contributed by atoms with van der Waals surface area (Å²) in [7, 11) is 1.56. The number of carbonyl (C=O) groups excluding carboxylic acids is 2. The second-order valence-electron chi connectivity index (χ2n) is 4.59. The first-order valence-corrected chi connectivity index (χ1v) is 6.82. The van der Waals surface area contributed by atoms with E-state index < -0.39 is 0 Å². The fraction of sp³-hybridized carbons (Fsp3) is 0.267. The van der Waals surface area contributed by atoms with Crippen LogP contribution in [-0.2, 0) is 9.53 Å². The molecule has 0 aliphatic carbocycles. The molecule has 0 fully saturated rings. The molecule has 1 heterocycles. The Morgan fingerprint density at radius 2 is 2.00 bits per heavy atom. The van der Waals surface area contributed by atoms with Crippen molar-refractivity contribution in [1.29, 1.82) is 0 Å². The number of hydrogen-bond acceptors (Lipinski definition) is 4. The Labute approximate surface area is 128 Å². The van der Waals surface area contributed by atoms with Gasteiger partial charge in [-0.15, -0.1) is 0 Å². The molecule has 0 atom stereocenters. The molecule has 1 aromatic heterocycles. The van der Waals surface area contributed by atoms with Crippen LogP contribution in [0, 0.1) is 0 Å². The number of hydrogen-bond donors (Lipinski definition) is 2. The van der Waals surface area contributed by atoms with Gasteiger partial charge in [0.05, 0.1) is 12.3 Å². The molecular weight excluding hydrogens is 284 g/mol. The van der Waals surface area contributed by atoms with Crippen LogP contribution in [0.1, 0.15) is 17.4 Å². The van der Waals surface area contributed by atoms with E-state index in [9.17, 15) is 9.59 Å². The number of nitrogens with one attached hydrogen (secondary N) is 2. The predicted octanol–water partition coefficient (Wildman–Crippen LogP) is 1.21. The number of ether oxygens (including phenoxy) is 1. The Balaban J connectivity index is 2.28. The molecule has 0 bridgehead atoms. The normalized spacial score (nSPS) is 10.3. The minimum Gasteiger partial charge on any atom is -0.383 e. The predicted molar refractivity (Wildman–Crippen MR) is 82.1 cm³/mol. The zero-order valence-electron chi connectivity index (χ0n) is 12.5. The van der Waals surface area contributed by atoms with Crippen molar-refractivity contribution < 1.29 is 14.3 Å². The third kappa shape index (κ3) is 3.92. The molecule has 2 aromatic rings. The van der Waals surface area contributed by atoms with Gasteiger partial charge in [-0.05, 0) is 12.1 Å².